The second kappa shape index (κ2) is 7.79. The van der Waals surface area contributed by atoms with Gasteiger partial charge >= 0.3 is 6.03 Å². The van der Waals surface area contributed by atoms with Gasteiger partial charge in [-0.05, 0) is 17.7 Å². The quantitative estimate of drug-likeness (QED) is 0.745. The largest absolute Gasteiger partial charge is 0.439 e. The third-order valence-corrected chi connectivity index (χ3v) is 3.51. The number of anilines is 1. The van der Waals surface area contributed by atoms with E-state index in [9.17, 15) is 4.79 Å². The summed E-state index contributed by atoms with van der Waals surface area (Å²) in [6.07, 6.45) is 1.98. The number of carbonyl (C=O) groups is 1. The average molecular weight is 332 g/mol. The number of rotatable bonds is 5. The summed E-state index contributed by atoms with van der Waals surface area (Å²) in [6.45, 7) is 0.186. The number of hydrogen-bond donors (Lipinski definition) is 2. The number of aromatic nitrogens is 1. The van der Waals surface area contributed by atoms with Gasteiger partial charge in [0, 0.05) is 11.3 Å². The van der Waals surface area contributed by atoms with Crippen molar-refractivity contribution in [3.05, 3.63) is 72.2 Å². The molecule has 2 amide bonds. The molecule has 0 spiro atoms. The van der Waals surface area contributed by atoms with E-state index in [1.54, 1.807) is 30.5 Å². The lowest BCUT2D eigenvalue weighted by atomic mass is 10.1. The Balaban J connectivity index is 1.52. The molecule has 0 fully saturated rings. The van der Waals surface area contributed by atoms with Crippen LogP contribution in [0.1, 0.15) is 11.5 Å². The number of nitrogens with one attached hydrogen (secondary N) is 2. The molecule has 0 aliphatic carbocycles. The summed E-state index contributed by atoms with van der Waals surface area (Å²) in [5.74, 6) is 1.09. The maximum Gasteiger partial charge on any atom is 0.319 e. The Hall–Kier alpha value is -3.59. The molecular weight excluding hydrogens is 316 g/mol. The predicted octanol–water partition coefficient (Wildman–Crippen LogP) is 3.73. The van der Waals surface area contributed by atoms with Gasteiger partial charge in [-0.25, -0.2) is 9.78 Å². The molecule has 0 saturated carbocycles. The van der Waals surface area contributed by atoms with E-state index in [-0.39, 0.29) is 12.6 Å². The second-order valence-electron chi connectivity index (χ2n) is 5.32. The highest BCUT2D eigenvalue weighted by molar-refractivity contribution is 5.89. The number of benzene rings is 2. The van der Waals surface area contributed by atoms with Crippen molar-refractivity contribution in [3.8, 4) is 17.4 Å². The molecule has 1 aromatic heterocycles. The number of urea groups is 1. The molecular formula is C19H16N4O2. The van der Waals surface area contributed by atoms with Crippen LogP contribution < -0.4 is 10.6 Å². The van der Waals surface area contributed by atoms with Gasteiger partial charge in [0.2, 0.25) is 5.89 Å². The van der Waals surface area contributed by atoms with Crippen LogP contribution in [0.15, 0.2) is 65.2 Å². The SMILES string of the molecule is N#CCc1ccc(NC(=O)NCc2ncc(-c3ccccc3)o2)cc1. The van der Waals surface area contributed by atoms with Crippen molar-refractivity contribution in [2.75, 3.05) is 5.32 Å². The average Bonchev–Trinajstić information content (AvgIpc) is 3.12. The summed E-state index contributed by atoms with van der Waals surface area (Å²) < 4.78 is 5.63. The number of carbonyl (C=O) groups excluding carboxylic acids is 1. The summed E-state index contributed by atoms with van der Waals surface area (Å²) in [5, 5.41) is 14.1. The molecule has 3 rings (SSSR count). The van der Waals surface area contributed by atoms with Crippen LogP contribution in [0.5, 0.6) is 0 Å². The minimum absolute atomic E-state index is 0.186. The molecule has 0 unspecified atom stereocenters. The van der Waals surface area contributed by atoms with E-state index < -0.39 is 0 Å². The molecule has 3 aromatic rings. The molecule has 6 heteroatoms. The van der Waals surface area contributed by atoms with Crippen LogP contribution in [0.4, 0.5) is 10.5 Å². The van der Waals surface area contributed by atoms with Gasteiger partial charge < -0.3 is 15.1 Å². The normalized spacial score (nSPS) is 10.0. The molecule has 1 heterocycles. The zero-order chi connectivity index (χ0) is 17.5. The van der Waals surface area contributed by atoms with Crippen LogP contribution in [-0.4, -0.2) is 11.0 Å². The predicted molar refractivity (Wildman–Crippen MR) is 93.6 cm³/mol. The minimum atomic E-state index is -0.354. The third kappa shape index (κ3) is 4.45. The first-order valence-electron chi connectivity index (χ1n) is 7.75. The van der Waals surface area contributed by atoms with Crippen molar-refractivity contribution in [1.82, 2.24) is 10.3 Å². The lowest BCUT2D eigenvalue weighted by Crippen LogP contribution is -2.28. The second-order valence-corrected chi connectivity index (χ2v) is 5.32. The van der Waals surface area contributed by atoms with Gasteiger partial charge in [-0.1, -0.05) is 42.5 Å². The monoisotopic (exact) mass is 332 g/mol. The van der Waals surface area contributed by atoms with Crippen molar-refractivity contribution in [2.45, 2.75) is 13.0 Å². The van der Waals surface area contributed by atoms with Gasteiger partial charge in [-0.3, -0.25) is 0 Å². The zero-order valence-corrected chi connectivity index (χ0v) is 13.4. The number of nitriles is 1. The molecule has 0 aliphatic rings. The number of oxazole rings is 1. The Labute approximate surface area is 145 Å². The highest BCUT2D eigenvalue weighted by atomic mass is 16.4. The van der Waals surface area contributed by atoms with E-state index in [0.29, 0.717) is 23.8 Å². The molecule has 0 atom stereocenters. The van der Waals surface area contributed by atoms with E-state index in [1.807, 2.05) is 30.3 Å². The third-order valence-electron chi connectivity index (χ3n) is 3.51. The van der Waals surface area contributed by atoms with Crippen LogP contribution in [0.2, 0.25) is 0 Å². The summed E-state index contributed by atoms with van der Waals surface area (Å²) in [5.41, 5.74) is 2.49. The lowest BCUT2D eigenvalue weighted by molar-refractivity contribution is 0.250. The first-order valence-corrected chi connectivity index (χ1v) is 7.75. The Morgan fingerprint density at radius 3 is 2.60 bits per heavy atom. The molecule has 2 N–H and O–H groups in total. The van der Waals surface area contributed by atoms with Crippen LogP contribution in [0, 0.1) is 11.3 Å². The van der Waals surface area contributed by atoms with Crippen LogP contribution in [-0.2, 0) is 13.0 Å². The Morgan fingerprint density at radius 2 is 1.88 bits per heavy atom. The van der Waals surface area contributed by atoms with Crippen molar-refractivity contribution < 1.29 is 9.21 Å². The summed E-state index contributed by atoms with van der Waals surface area (Å²) >= 11 is 0. The zero-order valence-electron chi connectivity index (χ0n) is 13.4. The molecule has 0 radical (unpaired) electrons. The highest BCUT2D eigenvalue weighted by Gasteiger charge is 2.08. The molecule has 0 bridgehead atoms. The van der Waals surface area contributed by atoms with E-state index in [1.165, 1.54) is 0 Å². The standard InChI is InChI=1S/C19H16N4O2/c20-11-10-14-6-8-16(9-7-14)23-19(24)22-13-18-21-12-17(25-18)15-4-2-1-3-5-15/h1-9,12H,10,13H2,(H2,22,23,24). The van der Waals surface area contributed by atoms with Crippen LogP contribution >= 0.6 is 0 Å². The van der Waals surface area contributed by atoms with Crippen molar-refractivity contribution in [2.24, 2.45) is 0 Å². The Morgan fingerprint density at radius 1 is 1.12 bits per heavy atom. The van der Waals surface area contributed by atoms with Crippen molar-refractivity contribution in [1.29, 1.82) is 5.26 Å². The van der Waals surface area contributed by atoms with Crippen molar-refractivity contribution in [3.63, 3.8) is 0 Å². The van der Waals surface area contributed by atoms with Crippen LogP contribution in [0.25, 0.3) is 11.3 Å². The number of nitrogens with zero attached hydrogens (tertiary/aromatic N) is 2. The van der Waals surface area contributed by atoms with Crippen LogP contribution in [0.3, 0.4) is 0 Å². The van der Waals surface area contributed by atoms with Crippen molar-refractivity contribution >= 4 is 11.7 Å². The maximum absolute atomic E-state index is 11.9. The minimum Gasteiger partial charge on any atom is -0.439 e. The molecule has 25 heavy (non-hydrogen) atoms. The fourth-order valence-corrected chi connectivity index (χ4v) is 2.26. The fraction of sp³-hybridized carbons (Fsp3) is 0.105. The fourth-order valence-electron chi connectivity index (χ4n) is 2.26. The Kier molecular flexibility index (Phi) is 5.07. The smallest absolute Gasteiger partial charge is 0.319 e. The number of hydrogen-bond acceptors (Lipinski definition) is 4. The topological polar surface area (TPSA) is 91.0 Å². The first-order chi connectivity index (χ1) is 12.2. The van der Waals surface area contributed by atoms with Gasteiger partial charge in [0.25, 0.3) is 0 Å². The molecule has 124 valence electrons. The first kappa shape index (κ1) is 16.3. The Bertz CT molecular complexity index is 880. The van der Waals surface area contributed by atoms with E-state index in [2.05, 4.69) is 21.7 Å². The summed E-state index contributed by atoms with van der Waals surface area (Å²) in [6, 6.07) is 18.5. The van der Waals surface area contributed by atoms with Gasteiger partial charge in [0.15, 0.2) is 5.76 Å². The van der Waals surface area contributed by atoms with Gasteiger partial charge in [-0.2, -0.15) is 5.26 Å². The van der Waals surface area contributed by atoms with Gasteiger partial charge in [0.05, 0.1) is 25.2 Å². The van der Waals surface area contributed by atoms with Gasteiger partial charge in [0.1, 0.15) is 0 Å². The molecule has 6 nitrogen and oxygen atoms in total. The van der Waals surface area contributed by atoms with E-state index in [0.717, 1.165) is 11.1 Å². The summed E-state index contributed by atoms with van der Waals surface area (Å²) in [7, 11) is 0. The molecule has 0 aliphatic heterocycles. The van der Waals surface area contributed by atoms with E-state index in [4.69, 9.17) is 9.68 Å². The summed E-state index contributed by atoms with van der Waals surface area (Å²) in [4.78, 5) is 16.1. The molecule has 0 saturated heterocycles. The van der Waals surface area contributed by atoms with E-state index >= 15 is 0 Å². The number of amides is 2. The maximum atomic E-state index is 11.9. The lowest BCUT2D eigenvalue weighted by Gasteiger charge is -2.06. The van der Waals surface area contributed by atoms with Gasteiger partial charge in [-0.15, -0.1) is 0 Å². The highest BCUT2D eigenvalue weighted by Crippen LogP contribution is 2.19. The molecule has 2 aromatic carbocycles.